The molecule has 2 aliphatic rings. The number of anilines is 1. The van der Waals surface area contributed by atoms with Crippen LogP contribution in [0.5, 0.6) is 0 Å². The number of amides is 1. The molecule has 3 nitrogen and oxygen atoms in total. The van der Waals surface area contributed by atoms with E-state index < -0.39 is 5.41 Å². The number of carbonyl (C=O) groups excluding carboxylic acids is 1. The van der Waals surface area contributed by atoms with E-state index in [1.807, 2.05) is 6.92 Å². The zero-order valence-corrected chi connectivity index (χ0v) is 9.61. The van der Waals surface area contributed by atoms with Gasteiger partial charge < -0.3 is 10.0 Å². The molecule has 2 fully saturated rings. The fraction of sp³-hybridized carbons (Fsp3) is 0.462. The molecule has 1 aromatic rings. The molecular formula is C13H14FNO2. The van der Waals surface area contributed by atoms with Crippen LogP contribution in [0.4, 0.5) is 10.1 Å². The molecule has 1 aliphatic carbocycles. The van der Waals surface area contributed by atoms with E-state index in [9.17, 15) is 14.3 Å². The molecule has 0 bridgehead atoms. The van der Waals surface area contributed by atoms with E-state index in [2.05, 4.69) is 0 Å². The van der Waals surface area contributed by atoms with Crippen molar-refractivity contribution in [2.24, 2.45) is 10.8 Å². The Morgan fingerprint density at radius 3 is 2.59 bits per heavy atom. The summed E-state index contributed by atoms with van der Waals surface area (Å²) >= 11 is 0. The molecule has 1 saturated heterocycles. The third kappa shape index (κ3) is 1.21. The smallest absolute Gasteiger partial charge is 0.236 e. The number of hydrogen-bond acceptors (Lipinski definition) is 2. The highest BCUT2D eigenvalue weighted by Gasteiger charge is 2.74. The topological polar surface area (TPSA) is 40.5 Å². The Morgan fingerprint density at radius 1 is 1.41 bits per heavy atom. The predicted molar refractivity (Wildman–Crippen MR) is 61.0 cm³/mol. The average Bonchev–Trinajstić information content (AvgIpc) is 2.87. The molecule has 90 valence electrons. The Balaban J connectivity index is 1.93. The van der Waals surface area contributed by atoms with Gasteiger partial charge in [0.2, 0.25) is 5.91 Å². The standard InChI is InChI=1S/C13H14FNO2/c1-12-6-13(12,8-16)11(17)15(7-12)10-4-2-9(14)3-5-10/h2-5,16H,6-8H2,1H3/t12-,13-/m0/s1. The molecule has 0 radical (unpaired) electrons. The second-order valence-electron chi connectivity index (χ2n) is 5.35. The number of hydrogen-bond donors (Lipinski definition) is 1. The van der Waals surface area contributed by atoms with Crippen LogP contribution in [0.15, 0.2) is 24.3 Å². The van der Waals surface area contributed by atoms with E-state index in [4.69, 9.17) is 0 Å². The molecule has 1 N–H and O–H groups in total. The summed E-state index contributed by atoms with van der Waals surface area (Å²) in [5.74, 6) is -0.345. The number of nitrogens with zero attached hydrogens (tertiary/aromatic N) is 1. The summed E-state index contributed by atoms with van der Waals surface area (Å²) in [4.78, 5) is 13.9. The maximum absolute atomic E-state index is 12.8. The molecule has 17 heavy (non-hydrogen) atoms. The number of carbonyl (C=O) groups is 1. The molecular weight excluding hydrogens is 221 g/mol. The molecule has 1 aromatic carbocycles. The second-order valence-corrected chi connectivity index (χ2v) is 5.35. The van der Waals surface area contributed by atoms with Crippen LogP contribution in [0.3, 0.4) is 0 Å². The van der Waals surface area contributed by atoms with Crippen molar-refractivity contribution in [3.05, 3.63) is 30.1 Å². The highest BCUT2D eigenvalue weighted by atomic mass is 19.1. The van der Waals surface area contributed by atoms with Crippen molar-refractivity contribution in [3.8, 4) is 0 Å². The summed E-state index contributed by atoms with van der Waals surface area (Å²) < 4.78 is 12.8. The number of rotatable bonds is 2. The quantitative estimate of drug-likeness (QED) is 0.845. The molecule has 1 heterocycles. The van der Waals surface area contributed by atoms with Crippen molar-refractivity contribution in [3.63, 3.8) is 0 Å². The Bertz CT molecular complexity index is 487. The third-order valence-electron chi connectivity index (χ3n) is 4.29. The average molecular weight is 235 g/mol. The predicted octanol–water partition coefficient (Wildman–Crippen LogP) is 1.56. The number of piperidine rings is 1. The monoisotopic (exact) mass is 235 g/mol. The van der Waals surface area contributed by atoms with Crippen LogP contribution in [-0.2, 0) is 4.79 Å². The van der Waals surface area contributed by atoms with Crippen LogP contribution < -0.4 is 4.90 Å². The van der Waals surface area contributed by atoms with E-state index in [1.54, 1.807) is 17.0 Å². The van der Waals surface area contributed by atoms with Gasteiger partial charge in [0.15, 0.2) is 0 Å². The maximum atomic E-state index is 12.8. The number of aliphatic hydroxyl groups excluding tert-OH is 1. The van der Waals surface area contributed by atoms with E-state index in [0.717, 1.165) is 6.42 Å². The first kappa shape index (κ1) is 10.7. The Hall–Kier alpha value is -1.42. The van der Waals surface area contributed by atoms with E-state index in [1.165, 1.54) is 12.1 Å². The number of aliphatic hydroxyl groups is 1. The lowest BCUT2D eigenvalue weighted by molar-refractivity contribution is -0.123. The van der Waals surface area contributed by atoms with Gasteiger partial charge in [-0.25, -0.2) is 4.39 Å². The second kappa shape index (κ2) is 3.07. The summed E-state index contributed by atoms with van der Waals surface area (Å²) in [5, 5.41) is 9.40. The lowest BCUT2D eigenvalue weighted by Gasteiger charge is -2.20. The summed E-state index contributed by atoms with van der Waals surface area (Å²) in [5.41, 5.74) is 0.00636. The van der Waals surface area contributed by atoms with Gasteiger partial charge in [-0.05, 0) is 30.7 Å². The van der Waals surface area contributed by atoms with Gasteiger partial charge in [0.25, 0.3) is 0 Å². The fourth-order valence-corrected chi connectivity index (χ4v) is 2.99. The molecule has 1 saturated carbocycles. The van der Waals surface area contributed by atoms with Crippen LogP contribution in [0.2, 0.25) is 0 Å². The minimum absolute atomic E-state index is 0.0332. The Kier molecular flexibility index (Phi) is 1.94. The van der Waals surface area contributed by atoms with E-state index in [0.29, 0.717) is 12.2 Å². The van der Waals surface area contributed by atoms with Gasteiger partial charge in [-0.2, -0.15) is 0 Å². The van der Waals surface area contributed by atoms with Crippen molar-refractivity contribution in [2.75, 3.05) is 18.1 Å². The molecule has 0 aromatic heterocycles. The van der Waals surface area contributed by atoms with Gasteiger partial charge in [0, 0.05) is 17.6 Å². The Morgan fingerprint density at radius 2 is 2.06 bits per heavy atom. The Labute approximate surface area is 98.9 Å². The zero-order valence-electron chi connectivity index (χ0n) is 9.61. The molecule has 3 rings (SSSR count). The highest BCUT2D eigenvalue weighted by molar-refractivity contribution is 6.04. The van der Waals surface area contributed by atoms with Crippen molar-refractivity contribution in [1.29, 1.82) is 0 Å². The highest BCUT2D eigenvalue weighted by Crippen LogP contribution is 2.68. The summed E-state index contributed by atoms with van der Waals surface area (Å²) in [6.45, 7) is 2.53. The van der Waals surface area contributed by atoms with Crippen LogP contribution in [0.25, 0.3) is 0 Å². The van der Waals surface area contributed by atoms with Crippen molar-refractivity contribution >= 4 is 11.6 Å². The van der Waals surface area contributed by atoms with Crippen LogP contribution in [0.1, 0.15) is 13.3 Å². The van der Waals surface area contributed by atoms with Gasteiger partial charge in [-0.15, -0.1) is 0 Å². The van der Waals surface area contributed by atoms with Gasteiger partial charge >= 0.3 is 0 Å². The van der Waals surface area contributed by atoms with Gasteiger partial charge in [-0.1, -0.05) is 6.92 Å². The summed E-state index contributed by atoms with van der Waals surface area (Å²) in [6, 6.07) is 5.90. The van der Waals surface area contributed by atoms with E-state index >= 15 is 0 Å². The largest absolute Gasteiger partial charge is 0.395 e. The minimum atomic E-state index is -0.582. The fourth-order valence-electron chi connectivity index (χ4n) is 2.99. The van der Waals surface area contributed by atoms with Crippen LogP contribution >= 0.6 is 0 Å². The van der Waals surface area contributed by atoms with Gasteiger partial charge in [-0.3, -0.25) is 4.79 Å². The first-order valence-electron chi connectivity index (χ1n) is 5.71. The molecule has 0 spiro atoms. The minimum Gasteiger partial charge on any atom is -0.395 e. The molecule has 0 unspecified atom stereocenters. The van der Waals surface area contributed by atoms with E-state index in [-0.39, 0.29) is 23.7 Å². The van der Waals surface area contributed by atoms with Crippen LogP contribution in [0, 0.1) is 16.6 Å². The van der Waals surface area contributed by atoms with Gasteiger partial charge in [0.1, 0.15) is 5.82 Å². The lowest BCUT2D eigenvalue weighted by Crippen LogP contribution is -2.33. The van der Waals surface area contributed by atoms with Crippen LogP contribution in [-0.4, -0.2) is 24.2 Å². The van der Waals surface area contributed by atoms with Gasteiger partial charge in [0.05, 0.1) is 12.0 Å². The molecule has 2 atom stereocenters. The lowest BCUT2D eigenvalue weighted by atomic mass is 9.99. The molecule has 4 heteroatoms. The number of halogens is 1. The van der Waals surface area contributed by atoms with Crippen molar-refractivity contribution in [2.45, 2.75) is 13.3 Å². The zero-order chi connectivity index (χ0) is 12.3. The SMILES string of the molecule is C[C@]12CN(c3ccc(F)cc3)C(=O)[C@@]1(CO)C2. The van der Waals surface area contributed by atoms with Crippen molar-refractivity contribution in [1.82, 2.24) is 0 Å². The summed E-state index contributed by atoms with van der Waals surface area (Å²) in [6.07, 6.45) is 0.757. The number of fused-ring (bicyclic) bond motifs is 1. The van der Waals surface area contributed by atoms with Crippen molar-refractivity contribution < 1.29 is 14.3 Å². The molecule has 1 amide bonds. The normalized spacial score (nSPS) is 35.0. The summed E-state index contributed by atoms with van der Waals surface area (Å²) in [7, 11) is 0. The third-order valence-corrected chi connectivity index (χ3v) is 4.29. The first-order chi connectivity index (χ1) is 8.02. The maximum Gasteiger partial charge on any atom is 0.236 e. The number of benzene rings is 1. The first-order valence-corrected chi connectivity index (χ1v) is 5.71. The molecule has 1 aliphatic heterocycles.